The van der Waals surface area contributed by atoms with Crippen molar-refractivity contribution in [3.8, 4) is 0 Å². The van der Waals surface area contributed by atoms with Crippen LogP contribution in [0.2, 0.25) is 0 Å². The average molecular weight is 340 g/mol. The van der Waals surface area contributed by atoms with E-state index in [1.54, 1.807) is 0 Å². The second-order valence-corrected chi connectivity index (χ2v) is 6.45. The largest absolute Gasteiger partial charge is 0.481 e. The van der Waals surface area contributed by atoms with Gasteiger partial charge in [0.1, 0.15) is 0 Å². The highest BCUT2D eigenvalue weighted by molar-refractivity contribution is 5.66. The van der Waals surface area contributed by atoms with Gasteiger partial charge in [-0.05, 0) is 57.8 Å². The number of rotatable bonds is 17. The van der Waals surface area contributed by atoms with E-state index in [1.165, 1.54) is 32.1 Å². The number of nitrogens with two attached hydrogens (primary N) is 1. The molecule has 0 saturated heterocycles. The molecule has 0 aliphatic rings. The van der Waals surface area contributed by atoms with Crippen molar-refractivity contribution in [1.82, 2.24) is 0 Å². The van der Waals surface area contributed by atoms with Gasteiger partial charge >= 0.3 is 5.97 Å². The second-order valence-electron chi connectivity index (χ2n) is 6.45. The first-order valence-electron chi connectivity index (χ1n) is 9.55. The molecule has 0 aliphatic carbocycles. The van der Waals surface area contributed by atoms with Crippen molar-refractivity contribution in [2.45, 2.75) is 89.5 Å². The Hall–Kier alpha value is -1.13. The molecule has 0 aromatic heterocycles. The summed E-state index contributed by atoms with van der Waals surface area (Å²) < 4.78 is 0. The molecule has 0 aliphatic heterocycles. The van der Waals surface area contributed by atoms with Gasteiger partial charge in [0.2, 0.25) is 0 Å². The zero-order valence-electron chi connectivity index (χ0n) is 15.2. The number of aliphatic hydroxyl groups excluding tert-OH is 1. The fourth-order valence-electron chi connectivity index (χ4n) is 2.49. The topological polar surface area (TPSA) is 83.5 Å². The lowest BCUT2D eigenvalue weighted by molar-refractivity contribution is -0.137. The number of carboxylic acid groups (broad SMARTS) is 1. The summed E-state index contributed by atoms with van der Waals surface area (Å²) in [7, 11) is 0. The van der Waals surface area contributed by atoms with Crippen molar-refractivity contribution in [1.29, 1.82) is 0 Å². The summed E-state index contributed by atoms with van der Waals surface area (Å²) in [5.74, 6) is -0.704. The van der Waals surface area contributed by atoms with Crippen LogP contribution in [0.1, 0.15) is 83.5 Å². The minimum absolute atomic E-state index is 0.0574. The lowest BCUT2D eigenvalue weighted by Crippen LogP contribution is -2.23. The second kappa shape index (κ2) is 18.2. The van der Waals surface area contributed by atoms with E-state index in [0.717, 1.165) is 44.9 Å². The molecule has 4 N–H and O–H groups in total. The minimum Gasteiger partial charge on any atom is -0.481 e. The van der Waals surface area contributed by atoms with Crippen LogP contribution in [0.3, 0.4) is 0 Å². The van der Waals surface area contributed by atoms with Crippen LogP contribution >= 0.6 is 0 Å². The number of unbranched alkanes of at least 4 members (excludes halogenated alkanes) is 8. The monoisotopic (exact) mass is 339 g/mol. The van der Waals surface area contributed by atoms with E-state index in [9.17, 15) is 4.79 Å². The molecule has 0 heterocycles. The predicted molar refractivity (Wildman–Crippen MR) is 101 cm³/mol. The SMILES string of the molecule is N[C@@H](CO)CCC/C=C\CCCCCCC/C=C\CCCC(=O)O. The molecule has 0 spiro atoms. The lowest BCUT2D eigenvalue weighted by Gasteiger charge is -2.05. The first kappa shape index (κ1) is 22.9. The van der Waals surface area contributed by atoms with Crippen molar-refractivity contribution < 1.29 is 15.0 Å². The Morgan fingerprint density at radius 3 is 1.75 bits per heavy atom. The molecule has 0 saturated carbocycles. The molecule has 0 rings (SSSR count). The van der Waals surface area contributed by atoms with Gasteiger partial charge in [-0.1, -0.05) is 43.6 Å². The van der Waals surface area contributed by atoms with Gasteiger partial charge in [0.25, 0.3) is 0 Å². The molecule has 0 fully saturated rings. The first-order valence-corrected chi connectivity index (χ1v) is 9.55. The van der Waals surface area contributed by atoms with Crippen molar-refractivity contribution in [2.75, 3.05) is 6.61 Å². The highest BCUT2D eigenvalue weighted by Crippen LogP contribution is 2.09. The van der Waals surface area contributed by atoms with Crippen LogP contribution in [0, 0.1) is 0 Å². The maximum absolute atomic E-state index is 10.3. The Balaban J connectivity index is 3.19. The van der Waals surface area contributed by atoms with Crippen LogP contribution in [0.5, 0.6) is 0 Å². The highest BCUT2D eigenvalue weighted by Gasteiger charge is 1.97. The van der Waals surface area contributed by atoms with Crippen LogP contribution in [0.4, 0.5) is 0 Å². The number of allylic oxidation sites excluding steroid dienone is 4. The van der Waals surface area contributed by atoms with Gasteiger partial charge < -0.3 is 15.9 Å². The Morgan fingerprint density at radius 1 is 0.792 bits per heavy atom. The molecule has 1 atom stereocenters. The highest BCUT2D eigenvalue weighted by atomic mass is 16.4. The molecule has 4 nitrogen and oxygen atoms in total. The Morgan fingerprint density at radius 2 is 1.25 bits per heavy atom. The third-order valence-corrected chi connectivity index (χ3v) is 4.02. The first-order chi connectivity index (χ1) is 11.7. The van der Waals surface area contributed by atoms with Crippen LogP contribution in [0.25, 0.3) is 0 Å². The number of carbonyl (C=O) groups is 1. The number of carboxylic acids is 1. The number of hydrogen-bond acceptors (Lipinski definition) is 3. The third kappa shape index (κ3) is 18.9. The predicted octanol–water partition coefficient (Wildman–Crippen LogP) is 4.57. The van der Waals surface area contributed by atoms with Gasteiger partial charge in [-0.15, -0.1) is 0 Å². The summed E-state index contributed by atoms with van der Waals surface area (Å²) in [4.78, 5) is 10.3. The Bertz CT molecular complexity index is 340. The molecule has 0 amide bonds. The van der Waals surface area contributed by atoms with Crippen LogP contribution < -0.4 is 5.73 Å². The van der Waals surface area contributed by atoms with Crippen molar-refractivity contribution >= 4 is 5.97 Å². The van der Waals surface area contributed by atoms with Gasteiger partial charge in [-0.25, -0.2) is 0 Å². The van der Waals surface area contributed by atoms with Crippen LogP contribution in [0.15, 0.2) is 24.3 Å². The molecule has 140 valence electrons. The molecule has 4 heteroatoms. The fourth-order valence-corrected chi connectivity index (χ4v) is 2.49. The van der Waals surface area contributed by atoms with Gasteiger partial charge in [-0.2, -0.15) is 0 Å². The number of aliphatic carboxylic acids is 1. The fraction of sp³-hybridized carbons (Fsp3) is 0.750. The summed E-state index contributed by atoms with van der Waals surface area (Å²) in [5, 5.41) is 17.3. The van der Waals surface area contributed by atoms with Crippen LogP contribution in [-0.4, -0.2) is 28.8 Å². The van der Waals surface area contributed by atoms with Gasteiger partial charge in [0, 0.05) is 12.5 Å². The van der Waals surface area contributed by atoms with Crippen molar-refractivity contribution in [2.24, 2.45) is 5.73 Å². The minimum atomic E-state index is -0.704. The molecule has 0 bridgehead atoms. The maximum atomic E-state index is 10.3. The van der Waals surface area contributed by atoms with Crippen LogP contribution in [-0.2, 0) is 4.79 Å². The number of aliphatic hydroxyl groups is 1. The third-order valence-electron chi connectivity index (χ3n) is 4.02. The van der Waals surface area contributed by atoms with E-state index in [0.29, 0.717) is 0 Å². The molecule has 0 aromatic rings. The lowest BCUT2D eigenvalue weighted by atomic mass is 10.1. The average Bonchev–Trinajstić information content (AvgIpc) is 2.57. The van der Waals surface area contributed by atoms with E-state index in [1.807, 2.05) is 0 Å². The summed E-state index contributed by atoms with van der Waals surface area (Å²) in [5.41, 5.74) is 5.64. The molecular weight excluding hydrogens is 302 g/mol. The Labute approximate surface area is 147 Å². The van der Waals surface area contributed by atoms with E-state index in [2.05, 4.69) is 24.3 Å². The van der Waals surface area contributed by atoms with Gasteiger partial charge in [0.05, 0.1) is 6.61 Å². The van der Waals surface area contributed by atoms with E-state index >= 15 is 0 Å². The molecule has 0 unspecified atom stereocenters. The van der Waals surface area contributed by atoms with Gasteiger partial charge in [-0.3, -0.25) is 4.79 Å². The smallest absolute Gasteiger partial charge is 0.303 e. The van der Waals surface area contributed by atoms with Crippen molar-refractivity contribution in [3.63, 3.8) is 0 Å². The number of hydrogen-bond donors (Lipinski definition) is 3. The summed E-state index contributed by atoms with van der Waals surface area (Å²) in [6, 6.07) is -0.0574. The summed E-state index contributed by atoms with van der Waals surface area (Å²) in [6.07, 6.45) is 22.4. The Kier molecular flexibility index (Phi) is 17.4. The normalized spacial score (nSPS) is 13.1. The zero-order valence-corrected chi connectivity index (χ0v) is 15.2. The standard InChI is InChI=1S/C20H37NO3/c21-19(18-22)16-14-12-10-8-6-4-2-1-3-5-7-9-11-13-15-17-20(23)24/h8-11,19,22H,1-7,12-18,21H2,(H,23,24)/b10-8-,11-9-/t19-/m1/s1. The molecule has 0 aromatic carbocycles. The van der Waals surface area contributed by atoms with E-state index in [4.69, 9.17) is 15.9 Å². The van der Waals surface area contributed by atoms with Gasteiger partial charge in [0.15, 0.2) is 0 Å². The summed E-state index contributed by atoms with van der Waals surface area (Å²) >= 11 is 0. The van der Waals surface area contributed by atoms with Crippen molar-refractivity contribution in [3.05, 3.63) is 24.3 Å². The molecular formula is C20H37NO3. The summed E-state index contributed by atoms with van der Waals surface area (Å²) in [6.45, 7) is 0.0875. The molecule has 24 heavy (non-hydrogen) atoms. The van der Waals surface area contributed by atoms with E-state index < -0.39 is 5.97 Å². The van der Waals surface area contributed by atoms with E-state index in [-0.39, 0.29) is 19.1 Å². The quantitative estimate of drug-likeness (QED) is 0.268. The molecule has 0 radical (unpaired) electrons. The maximum Gasteiger partial charge on any atom is 0.303 e. The zero-order chi connectivity index (χ0) is 17.9.